The van der Waals surface area contributed by atoms with Crippen molar-refractivity contribution in [1.82, 2.24) is 0 Å². The lowest BCUT2D eigenvalue weighted by Crippen LogP contribution is -2.47. The summed E-state index contributed by atoms with van der Waals surface area (Å²) in [6.07, 6.45) is -0.634. The molecule has 0 aromatic heterocycles. The van der Waals surface area contributed by atoms with Gasteiger partial charge < -0.3 is 15.6 Å². The largest absolute Gasteiger partial charge is 0.390 e. The fourth-order valence-electron chi connectivity index (χ4n) is 1.77. The summed E-state index contributed by atoms with van der Waals surface area (Å²) in [6.45, 7) is 4.39. The van der Waals surface area contributed by atoms with Gasteiger partial charge in [-0.25, -0.2) is 0 Å². The van der Waals surface area contributed by atoms with Crippen LogP contribution in [0.25, 0.3) is 0 Å². The minimum absolute atomic E-state index is 0.266. The third kappa shape index (κ3) is 2.37. The number of aliphatic hydroxyl groups is 1. The van der Waals surface area contributed by atoms with E-state index in [9.17, 15) is 5.11 Å². The first kappa shape index (κ1) is 12.2. The highest BCUT2D eigenvalue weighted by Crippen LogP contribution is 2.28. The predicted molar refractivity (Wildman–Crippen MR) is 60.5 cm³/mol. The first-order valence-corrected chi connectivity index (χ1v) is 5.25. The van der Waals surface area contributed by atoms with Crippen molar-refractivity contribution >= 4 is 0 Å². The van der Waals surface area contributed by atoms with Crippen LogP contribution < -0.4 is 5.73 Å². The molecule has 3 heteroatoms. The molecule has 0 heterocycles. The molecule has 0 aliphatic carbocycles. The molecule has 3 nitrogen and oxygen atoms in total. The zero-order valence-electron chi connectivity index (χ0n) is 9.31. The van der Waals surface area contributed by atoms with Crippen molar-refractivity contribution < 1.29 is 9.84 Å². The number of aliphatic hydroxyl groups excluding tert-OH is 1. The van der Waals surface area contributed by atoms with E-state index in [4.69, 9.17) is 10.5 Å². The van der Waals surface area contributed by atoms with Gasteiger partial charge in [0.15, 0.2) is 0 Å². The van der Waals surface area contributed by atoms with Crippen LogP contribution in [0.2, 0.25) is 0 Å². The third-order valence-electron chi connectivity index (χ3n) is 2.64. The van der Waals surface area contributed by atoms with Crippen LogP contribution in [0.3, 0.4) is 0 Å². The highest BCUT2D eigenvalue weighted by Gasteiger charge is 2.36. The lowest BCUT2D eigenvalue weighted by Gasteiger charge is -2.35. The van der Waals surface area contributed by atoms with Crippen LogP contribution in [0, 0.1) is 0 Å². The second kappa shape index (κ2) is 5.26. The zero-order chi connectivity index (χ0) is 11.3. The topological polar surface area (TPSA) is 55.5 Å². The van der Waals surface area contributed by atoms with E-state index in [2.05, 4.69) is 0 Å². The molecule has 0 spiro atoms. The van der Waals surface area contributed by atoms with Crippen molar-refractivity contribution in [2.24, 2.45) is 5.73 Å². The zero-order valence-corrected chi connectivity index (χ0v) is 9.31. The lowest BCUT2D eigenvalue weighted by molar-refractivity contribution is -0.113. The Labute approximate surface area is 90.9 Å². The van der Waals surface area contributed by atoms with Gasteiger partial charge >= 0.3 is 0 Å². The molecular weight excluding hydrogens is 190 g/mol. The van der Waals surface area contributed by atoms with Crippen molar-refractivity contribution in [3.05, 3.63) is 35.9 Å². The summed E-state index contributed by atoms with van der Waals surface area (Å²) in [4.78, 5) is 0. The number of benzene rings is 1. The highest BCUT2D eigenvalue weighted by molar-refractivity contribution is 5.24. The van der Waals surface area contributed by atoms with Crippen molar-refractivity contribution in [3.8, 4) is 0 Å². The SMILES string of the molecule is CCOC(CN)(c1ccccc1)C(C)O. The number of nitrogens with two attached hydrogens (primary N) is 1. The minimum atomic E-state index is -0.782. The second-order valence-corrected chi connectivity index (χ2v) is 3.57. The van der Waals surface area contributed by atoms with Crippen molar-refractivity contribution in [2.45, 2.75) is 25.6 Å². The standard InChI is InChI=1S/C12H19NO2/c1-3-15-12(9-13,10(2)14)11-7-5-4-6-8-11/h4-8,10,14H,3,9,13H2,1-2H3. The van der Waals surface area contributed by atoms with Crippen LogP contribution >= 0.6 is 0 Å². The minimum Gasteiger partial charge on any atom is -0.390 e. The van der Waals surface area contributed by atoms with Gasteiger partial charge in [-0.1, -0.05) is 30.3 Å². The Kier molecular flexibility index (Phi) is 4.27. The number of rotatable bonds is 5. The third-order valence-corrected chi connectivity index (χ3v) is 2.64. The summed E-state index contributed by atoms with van der Waals surface area (Å²) in [5.41, 5.74) is 5.88. The maximum Gasteiger partial charge on any atom is 0.131 e. The molecule has 0 saturated carbocycles. The molecule has 0 amide bonds. The molecule has 0 aliphatic heterocycles. The molecule has 0 fully saturated rings. The van der Waals surface area contributed by atoms with E-state index < -0.39 is 11.7 Å². The van der Waals surface area contributed by atoms with Gasteiger partial charge in [0.1, 0.15) is 5.60 Å². The van der Waals surface area contributed by atoms with Crippen LogP contribution in [0.5, 0.6) is 0 Å². The summed E-state index contributed by atoms with van der Waals surface area (Å²) in [5.74, 6) is 0. The molecule has 84 valence electrons. The van der Waals surface area contributed by atoms with Gasteiger partial charge in [-0.3, -0.25) is 0 Å². The number of hydrogen-bond donors (Lipinski definition) is 2. The molecule has 2 unspecified atom stereocenters. The Morgan fingerprint density at radius 2 is 2.00 bits per heavy atom. The average Bonchev–Trinajstić information content (AvgIpc) is 2.26. The van der Waals surface area contributed by atoms with E-state index in [0.29, 0.717) is 6.61 Å². The summed E-state index contributed by atoms with van der Waals surface area (Å²) >= 11 is 0. The van der Waals surface area contributed by atoms with E-state index in [1.165, 1.54) is 0 Å². The summed E-state index contributed by atoms with van der Waals surface area (Å²) < 4.78 is 5.65. The first-order chi connectivity index (χ1) is 7.17. The van der Waals surface area contributed by atoms with Crippen LogP contribution in [-0.4, -0.2) is 24.4 Å². The number of hydrogen-bond acceptors (Lipinski definition) is 3. The fraction of sp³-hybridized carbons (Fsp3) is 0.500. The molecule has 3 N–H and O–H groups in total. The smallest absolute Gasteiger partial charge is 0.131 e. The Hall–Kier alpha value is -0.900. The second-order valence-electron chi connectivity index (χ2n) is 3.57. The van der Waals surface area contributed by atoms with E-state index >= 15 is 0 Å². The molecule has 1 rings (SSSR count). The van der Waals surface area contributed by atoms with Crippen molar-refractivity contribution in [2.75, 3.05) is 13.2 Å². The Morgan fingerprint density at radius 3 is 2.40 bits per heavy atom. The Morgan fingerprint density at radius 1 is 1.40 bits per heavy atom. The van der Waals surface area contributed by atoms with E-state index in [-0.39, 0.29) is 6.54 Å². The van der Waals surface area contributed by atoms with Gasteiger partial charge in [0.05, 0.1) is 6.10 Å². The van der Waals surface area contributed by atoms with Crippen molar-refractivity contribution in [1.29, 1.82) is 0 Å². The Bertz CT molecular complexity index is 287. The van der Waals surface area contributed by atoms with Crippen LogP contribution in [0.4, 0.5) is 0 Å². The molecule has 1 aromatic rings. The number of ether oxygens (including phenoxy) is 1. The van der Waals surface area contributed by atoms with Crippen molar-refractivity contribution in [3.63, 3.8) is 0 Å². The average molecular weight is 209 g/mol. The molecule has 1 aromatic carbocycles. The molecule has 0 radical (unpaired) electrons. The summed E-state index contributed by atoms with van der Waals surface area (Å²) in [6, 6.07) is 9.62. The highest BCUT2D eigenvalue weighted by atomic mass is 16.5. The quantitative estimate of drug-likeness (QED) is 0.767. The first-order valence-electron chi connectivity index (χ1n) is 5.25. The summed E-state index contributed by atoms with van der Waals surface area (Å²) in [7, 11) is 0. The van der Waals surface area contributed by atoms with E-state index in [1.54, 1.807) is 6.92 Å². The molecule has 15 heavy (non-hydrogen) atoms. The fourth-order valence-corrected chi connectivity index (χ4v) is 1.77. The maximum atomic E-state index is 9.84. The van der Waals surface area contributed by atoms with Gasteiger partial charge in [0, 0.05) is 13.2 Å². The van der Waals surface area contributed by atoms with Crippen LogP contribution in [0.1, 0.15) is 19.4 Å². The molecule has 2 atom stereocenters. The Balaban J connectivity index is 3.09. The molecule has 0 bridgehead atoms. The van der Waals surface area contributed by atoms with Crippen LogP contribution in [0.15, 0.2) is 30.3 Å². The molecule has 0 saturated heterocycles. The van der Waals surface area contributed by atoms with Gasteiger partial charge in [0.2, 0.25) is 0 Å². The maximum absolute atomic E-state index is 9.84. The van der Waals surface area contributed by atoms with E-state index in [0.717, 1.165) is 5.56 Å². The van der Waals surface area contributed by atoms with Gasteiger partial charge in [-0.15, -0.1) is 0 Å². The van der Waals surface area contributed by atoms with Gasteiger partial charge in [0.25, 0.3) is 0 Å². The molecule has 0 aliphatic rings. The lowest BCUT2D eigenvalue weighted by atomic mass is 9.88. The normalized spacial score (nSPS) is 17.1. The van der Waals surface area contributed by atoms with Gasteiger partial charge in [-0.2, -0.15) is 0 Å². The molecular formula is C12H19NO2. The van der Waals surface area contributed by atoms with E-state index in [1.807, 2.05) is 37.3 Å². The predicted octanol–water partition coefficient (Wildman–Crippen LogP) is 1.26. The van der Waals surface area contributed by atoms with Gasteiger partial charge in [-0.05, 0) is 19.4 Å². The monoisotopic (exact) mass is 209 g/mol. The van der Waals surface area contributed by atoms with Crippen LogP contribution in [-0.2, 0) is 10.3 Å². The summed E-state index contributed by atoms with van der Waals surface area (Å²) in [5, 5.41) is 9.84.